The van der Waals surface area contributed by atoms with Crippen molar-refractivity contribution in [2.75, 3.05) is 5.32 Å². The zero-order chi connectivity index (χ0) is 20.4. The molecule has 0 aliphatic heterocycles. The molecule has 1 aromatic heterocycles. The average Bonchev–Trinajstić information content (AvgIpc) is 2.74. The summed E-state index contributed by atoms with van der Waals surface area (Å²) in [6.45, 7) is 1.48. The van der Waals surface area contributed by atoms with E-state index in [-0.39, 0.29) is 17.2 Å². The molecule has 29 heavy (non-hydrogen) atoms. The Morgan fingerprint density at radius 1 is 0.897 bits per heavy atom. The average molecular weight is 383 g/mol. The molecule has 0 aliphatic rings. The van der Waals surface area contributed by atoms with Crippen molar-refractivity contribution in [3.63, 3.8) is 0 Å². The maximum Gasteiger partial charge on any atom is 0.265 e. The number of Topliss-reactive ketones (excluding diaryl/α,β-unsaturated/α-hetero) is 1. The summed E-state index contributed by atoms with van der Waals surface area (Å²) in [7, 11) is 0. The molecule has 0 radical (unpaired) electrons. The van der Waals surface area contributed by atoms with Gasteiger partial charge in [0.25, 0.3) is 11.5 Å². The predicted molar refractivity (Wildman–Crippen MR) is 112 cm³/mol. The highest BCUT2D eigenvalue weighted by Crippen LogP contribution is 2.15. The molecule has 0 saturated heterocycles. The van der Waals surface area contributed by atoms with Crippen molar-refractivity contribution in [1.82, 2.24) is 9.55 Å². The van der Waals surface area contributed by atoms with Gasteiger partial charge in [-0.2, -0.15) is 0 Å². The van der Waals surface area contributed by atoms with Crippen LogP contribution in [0.1, 0.15) is 27.6 Å². The van der Waals surface area contributed by atoms with E-state index in [0.717, 1.165) is 0 Å². The van der Waals surface area contributed by atoms with E-state index in [1.54, 1.807) is 66.7 Å². The molecule has 4 aromatic rings. The number of rotatable bonds is 4. The number of anilines is 1. The van der Waals surface area contributed by atoms with Crippen molar-refractivity contribution < 1.29 is 9.59 Å². The van der Waals surface area contributed by atoms with Gasteiger partial charge >= 0.3 is 0 Å². The lowest BCUT2D eigenvalue weighted by molar-refractivity contribution is 0.101. The van der Waals surface area contributed by atoms with Crippen LogP contribution in [0.3, 0.4) is 0 Å². The standard InChI is InChI=1S/C23H17N3O3/c1-15(27)17-5-4-6-18(13-17)25-22(28)16-9-11-19(12-10-16)26-14-24-21-8-3-2-7-20(21)23(26)29/h2-14H,1H3,(H,25,28). The van der Waals surface area contributed by atoms with Gasteiger partial charge in [0.05, 0.1) is 16.6 Å². The summed E-state index contributed by atoms with van der Waals surface area (Å²) >= 11 is 0. The van der Waals surface area contributed by atoms with Crippen LogP contribution < -0.4 is 10.9 Å². The third-order valence-electron chi connectivity index (χ3n) is 4.60. The molecule has 1 heterocycles. The Hall–Kier alpha value is -4.06. The van der Waals surface area contributed by atoms with E-state index in [9.17, 15) is 14.4 Å². The minimum Gasteiger partial charge on any atom is -0.322 e. The second kappa shape index (κ2) is 7.52. The number of amides is 1. The highest BCUT2D eigenvalue weighted by molar-refractivity contribution is 6.05. The van der Waals surface area contributed by atoms with Gasteiger partial charge in [0, 0.05) is 16.8 Å². The fourth-order valence-electron chi connectivity index (χ4n) is 3.05. The number of hydrogen-bond donors (Lipinski definition) is 1. The SMILES string of the molecule is CC(=O)c1cccc(NC(=O)c2ccc(-n3cnc4ccccc4c3=O)cc2)c1. The van der Waals surface area contributed by atoms with E-state index >= 15 is 0 Å². The highest BCUT2D eigenvalue weighted by Gasteiger charge is 2.09. The number of carbonyl (C=O) groups excluding carboxylic acids is 2. The summed E-state index contributed by atoms with van der Waals surface area (Å²) in [6.07, 6.45) is 1.48. The topological polar surface area (TPSA) is 81.1 Å². The summed E-state index contributed by atoms with van der Waals surface area (Å²) in [4.78, 5) is 41.0. The van der Waals surface area contributed by atoms with Gasteiger partial charge < -0.3 is 5.32 Å². The predicted octanol–water partition coefficient (Wildman–Crippen LogP) is 3.84. The first kappa shape index (κ1) is 18.3. The lowest BCUT2D eigenvalue weighted by Crippen LogP contribution is -2.19. The van der Waals surface area contributed by atoms with Crippen LogP contribution in [0.15, 0.2) is 83.9 Å². The molecule has 4 rings (SSSR count). The minimum atomic E-state index is -0.304. The van der Waals surface area contributed by atoms with Crippen molar-refractivity contribution in [3.8, 4) is 5.69 Å². The Morgan fingerprint density at radius 2 is 1.66 bits per heavy atom. The summed E-state index contributed by atoms with van der Waals surface area (Å²) in [5, 5.41) is 3.31. The highest BCUT2D eigenvalue weighted by atomic mass is 16.2. The van der Waals surface area contributed by atoms with E-state index in [4.69, 9.17) is 0 Å². The maximum absolute atomic E-state index is 12.7. The molecule has 0 fully saturated rings. The first-order valence-corrected chi connectivity index (χ1v) is 9.02. The van der Waals surface area contributed by atoms with Gasteiger partial charge in [0.2, 0.25) is 0 Å². The van der Waals surface area contributed by atoms with Crippen LogP contribution in [0.4, 0.5) is 5.69 Å². The number of benzene rings is 3. The fraction of sp³-hybridized carbons (Fsp3) is 0.0435. The quantitative estimate of drug-likeness (QED) is 0.543. The molecule has 0 saturated carbocycles. The van der Waals surface area contributed by atoms with Gasteiger partial charge in [-0.3, -0.25) is 19.0 Å². The van der Waals surface area contributed by atoms with Crippen molar-refractivity contribution in [2.24, 2.45) is 0 Å². The molecule has 1 amide bonds. The number of fused-ring (bicyclic) bond motifs is 1. The molecule has 0 unspecified atom stereocenters. The van der Waals surface area contributed by atoms with Gasteiger partial charge in [-0.25, -0.2) is 4.98 Å². The molecule has 0 bridgehead atoms. The first-order valence-electron chi connectivity index (χ1n) is 9.02. The van der Waals surface area contributed by atoms with Crippen LogP contribution in [0, 0.1) is 0 Å². The minimum absolute atomic E-state index is 0.0695. The number of nitrogens with one attached hydrogen (secondary N) is 1. The molecule has 142 valence electrons. The van der Waals surface area contributed by atoms with E-state index in [0.29, 0.717) is 33.4 Å². The van der Waals surface area contributed by atoms with Gasteiger partial charge in [0.15, 0.2) is 5.78 Å². The Kier molecular flexibility index (Phi) is 4.75. The van der Waals surface area contributed by atoms with Gasteiger partial charge in [-0.1, -0.05) is 24.3 Å². The van der Waals surface area contributed by atoms with E-state index in [2.05, 4.69) is 10.3 Å². The van der Waals surface area contributed by atoms with Crippen molar-refractivity contribution in [2.45, 2.75) is 6.92 Å². The summed E-state index contributed by atoms with van der Waals surface area (Å²) in [5.41, 5.74) is 2.58. The second-order valence-corrected chi connectivity index (χ2v) is 6.57. The molecule has 6 heteroatoms. The van der Waals surface area contributed by atoms with Crippen molar-refractivity contribution >= 4 is 28.3 Å². The van der Waals surface area contributed by atoms with Gasteiger partial charge in [-0.05, 0) is 55.5 Å². The smallest absolute Gasteiger partial charge is 0.265 e. The third kappa shape index (κ3) is 3.68. The monoisotopic (exact) mass is 383 g/mol. The lowest BCUT2D eigenvalue weighted by atomic mass is 10.1. The Balaban J connectivity index is 1.59. The molecular formula is C23H17N3O3. The van der Waals surface area contributed by atoms with Gasteiger partial charge in [0.1, 0.15) is 6.33 Å². The third-order valence-corrected chi connectivity index (χ3v) is 4.60. The zero-order valence-corrected chi connectivity index (χ0v) is 15.6. The number of carbonyl (C=O) groups is 2. The fourth-order valence-corrected chi connectivity index (χ4v) is 3.05. The molecule has 0 atom stereocenters. The van der Waals surface area contributed by atoms with Crippen LogP contribution in [-0.2, 0) is 0 Å². The van der Waals surface area contributed by atoms with Crippen LogP contribution in [0.2, 0.25) is 0 Å². The Labute approximate surface area is 166 Å². The number of ketones is 1. The van der Waals surface area contributed by atoms with Crippen LogP contribution in [0.25, 0.3) is 16.6 Å². The van der Waals surface area contributed by atoms with Gasteiger partial charge in [-0.15, -0.1) is 0 Å². The number of hydrogen-bond acceptors (Lipinski definition) is 4. The van der Waals surface area contributed by atoms with Crippen LogP contribution in [0.5, 0.6) is 0 Å². The normalized spacial score (nSPS) is 10.7. The first-order chi connectivity index (χ1) is 14.0. The summed E-state index contributed by atoms with van der Waals surface area (Å²) in [6, 6.07) is 20.6. The number of nitrogens with zero attached hydrogens (tertiary/aromatic N) is 2. The Morgan fingerprint density at radius 3 is 2.41 bits per heavy atom. The molecule has 0 spiro atoms. The molecular weight excluding hydrogens is 366 g/mol. The zero-order valence-electron chi connectivity index (χ0n) is 15.6. The molecule has 3 aromatic carbocycles. The number of aromatic nitrogens is 2. The van der Waals surface area contributed by atoms with Crippen LogP contribution >= 0.6 is 0 Å². The van der Waals surface area contributed by atoms with E-state index < -0.39 is 0 Å². The second-order valence-electron chi connectivity index (χ2n) is 6.57. The summed E-state index contributed by atoms with van der Waals surface area (Å²) in [5.74, 6) is -0.374. The largest absolute Gasteiger partial charge is 0.322 e. The van der Waals surface area contributed by atoms with Crippen molar-refractivity contribution in [3.05, 3.63) is 101 Å². The van der Waals surface area contributed by atoms with E-state index in [1.807, 2.05) is 6.07 Å². The molecule has 6 nitrogen and oxygen atoms in total. The van der Waals surface area contributed by atoms with Crippen LogP contribution in [-0.4, -0.2) is 21.2 Å². The van der Waals surface area contributed by atoms with E-state index in [1.165, 1.54) is 17.8 Å². The molecule has 0 aliphatic carbocycles. The maximum atomic E-state index is 12.7. The number of para-hydroxylation sites is 1. The summed E-state index contributed by atoms with van der Waals surface area (Å²) < 4.78 is 1.44. The van der Waals surface area contributed by atoms with Crippen molar-refractivity contribution in [1.29, 1.82) is 0 Å². The molecule has 1 N–H and O–H groups in total. The Bertz CT molecular complexity index is 1290. The lowest BCUT2D eigenvalue weighted by Gasteiger charge is -2.09.